The van der Waals surface area contributed by atoms with Gasteiger partial charge in [0.25, 0.3) is 0 Å². The van der Waals surface area contributed by atoms with E-state index in [0.29, 0.717) is 0 Å². The van der Waals surface area contributed by atoms with Crippen LogP contribution in [0.2, 0.25) is 0 Å². The highest BCUT2D eigenvalue weighted by Gasteiger charge is 2.15. The summed E-state index contributed by atoms with van der Waals surface area (Å²) in [6.45, 7) is 8.44. The third-order valence-corrected chi connectivity index (χ3v) is 6.04. The smallest absolute Gasteiger partial charge is 0.159 e. The van der Waals surface area contributed by atoms with Crippen molar-refractivity contribution in [1.82, 2.24) is 25.5 Å². The molecule has 0 aliphatic heterocycles. The van der Waals surface area contributed by atoms with E-state index in [1.54, 1.807) is 0 Å². The molecular weight excluding hydrogens is 382 g/mol. The fourth-order valence-corrected chi connectivity index (χ4v) is 4.21. The number of hydrogen-bond acceptors (Lipinski definition) is 3. The minimum atomic E-state index is 0.788. The maximum Gasteiger partial charge on any atom is 0.159 e. The average molecular weight is 410 g/mol. The molecule has 5 aromatic rings. The summed E-state index contributed by atoms with van der Waals surface area (Å²) < 4.78 is 0. The van der Waals surface area contributed by atoms with Gasteiger partial charge in [-0.1, -0.05) is 44.2 Å². The first-order valence-electron chi connectivity index (χ1n) is 10.9. The molecule has 0 saturated heterocycles. The van der Waals surface area contributed by atoms with Gasteiger partial charge in [0.1, 0.15) is 5.69 Å². The fourth-order valence-electron chi connectivity index (χ4n) is 4.21. The van der Waals surface area contributed by atoms with Crippen LogP contribution in [0.4, 0.5) is 0 Å². The minimum Gasteiger partial charge on any atom is -0.337 e. The molecule has 5 heteroatoms. The maximum atomic E-state index is 4.75. The van der Waals surface area contributed by atoms with Crippen LogP contribution in [0.15, 0.2) is 54.6 Å². The molecule has 5 rings (SSSR count). The second kappa shape index (κ2) is 8.00. The topological polar surface area (TPSA) is 69.4 Å². The summed E-state index contributed by atoms with van der Waals surface area (Å²) in [6.07, 6.45) is 1.02. The summed E-state index contributed by atoms with van der Waals surface area (Å²) in [4.78, 5) is 8.16. The van der Waals surface area contributed by atoms with E-state index in [-0.39, 0.29) is 0 Å². The Bertz CT molecular complexity index is 1340. The van der Waals surface area contributed by atoms with Crippen molar-refractivity contribution in [2.24, 2.45) is 0 Å². The molecule has 0 spiro atoms. The van der Waals surface area contributed by atoms with Crippen molar-refractivity contribution in [3.63, 3.8) is 0 Å². The molecule has 0 fully saturated rings. The van der Waals surface area contributed by atoms with E-state index in [4.69, 9.17) is 4.98 Å². The highest BCUT2D eigenvalue weighted by molar-refractivity contribution is 5.96. The van der Waals surface area contributed by atoms with Gasteiger partial charge in [-0.3, -0.25) is 5.10 Å². The monoisotopic (exact) mass is 409 g/mol. The molecular formula is C26H27N5. The van der Waals surface area contributed by atoms with E-state index in [1.807, 2.05) is 24.3 Å². The van der Waals surface area contributed by atoms with Crippen molar-refractivity contribution >= 4 is 21.9 Å². The van der Waals surface area contributed by atoms with Crippen LogP contribution in [-0.4, -0.2) is 26.7 Å². The number of para-hydroxylation sites is 2. The average Bonchev–Trinajstić information content (AvgIpc) is 3.41. The van der Waals surface area contributed by atoms with Gasteiger partial charge in [-0.2, -0.15) is 5.10 Å². The first kappa shape index (κ1) is 19.5. The number of aryl methyl sites for hydroxylation is 1. The molecule has 0 aliphatic rings. The number of fused-ring (bicyclic) bond motifs is 2. The van der Waals surface area contributed by atoms with Crippen molar-refractivity contribution in [3.8, 4) is 22.6 Å². The van der Waals surface area contributed by atoms with Gasteiger partial charge in [-0.25, -0.2) is 4.98 Å². The zero-order valence-corrected chi connectivity index (χ0v) is 18.2. The molecule has 0 unspecified atom stereocenters. The Morgan fingerprint density at radius 1 is 0.968 bits per heavy atom. The standard InChI is InChI=1S/C26H27N5/c1-4-17-12-19(15-27-5-2)16(3)20(13-17)18-10-11-22-21(14-18)25(31-30-22)26-28-23-8-6-7-9-24(23)29-26/h6-14,27H,4-5,15H2,1-3H3,(H,28,29)(H,30,31). The predicted octanol–water partition coefficient (Wildman–Crippen LogP) is 5.75. The first-order chi connectivity index (χ1) is 15.2. The molecule has 0 amide bonds. The fraction of sp³-hybridized carbons (Fsp3) is 0.231. The molecule has 5 nitrogen and oxygen atoms in total. The summed E-state index contributed by atoms with van der Waals surface area (Å²) >= 11 is 0. The second-order valence-electron chi connectivity index (χ2n) is 8.00. The van der Waals surface area contributed by atoms with Crippen LogP contribution in [0.3, 0.4) is 0 Å². The van der Waals surface area contributed by atoms with Crippen molar-refractivity contribution in [2.45, 2.75) is 33.7 Å². The quantitative estimate of drug-likeness (QED) is 0.334. The molecule has 2 heterocycles. The van der Waals surface area contributed by atoms with Gasteiger partial charge in [-0.05, 0) is 72.0 Å². The third kappa shape index (κ3) is 3.51. The Balaban J connectivity index is 1.64. The zero-order valence-electron chi connectivity index (χ0n) is 18.2. The van der Waals surface area contributed by atoms with Crippen LogP contribution in [0, 0.1) is 6.92 Å². The van der Waals surface area contributed by atoms with Crippen molar-refractivity contribution in [1.29, 1.82) is 0 Å². The lowest BCUT2D eigenvalue weighted by atomic mass is 9.92. The summed E-state index contributed by atoms with van der Waals surface area (Å²) in [5.41, 5.74) is 10.4. The Labute approximate surface area is 181 Å². The van der Waals surface area contributed by atoms with Gasteiger partial charge >= 0.3 is 0 Å². The summed E-state index contributed by atoms with van der Waals surface area (Å²) in [5.74, 6) is 0.788. The van der Waals surface area contributed by atoms with Crippen LogP contribution in [0.1, 0.15) is 30.5 Å². The van der Waals surface area contributed by atoms with Gasteiger partial charge in [0.2, 0.25) is 0 Å². The predicted molar refractivity (Wildman–Crippen MR) is 128 cm³/mol. The van der Waals surface area contributed by atoms with Crippen molar-refractivity contribution in [3.05, 3.63) is 71.3 Å². The molecule has 3 N–H and O–H groups in total. The molecule has 0 aliphatic carbocycles. The van der Waals surface area contributed by atoms with E-state index < -0.39 is 0 Å². The molecule has 0 radical (unpaired) electrons. The van der Waals surface area contributed by atoms with Crippen LogP contribution < -0.4 is 5.32 Å². The number of rotatable bonds is 6. The number of aromatic amines is 2. The SMILES string of the molecule is CCNCc1cc(CC)cc(-c2ccc3[nH]nc(-c4nc5ccccc5[nH]4)c3c2)c1C. The number of hydrogen-bond donors (Lipinski definition) is 3. The summed E-state index contributed by atoms with van der Waals surface area (Å²) in [7, 11) is 0. The lowest BCUT2D eigenvalue weighted by Crippen LogP contribution is -2.13. The van der Waals surface area contributed by atoms with Crippen molar-refractivity contribution < 1.29 is 0 Å². The van der Waals surface area contributed by atoms with Gasteiger partial charge in [0.15, 0.2) is 5.82 Å². The van der Waals surface area contributed by atoms with Crippen LogP contribution in [0.5, 0.6) is 0 Å². The van der Waals surface area contributed by atoms with E-state index in [9.17, 15) is 0 Å². The number of H-pyrrole nitrogens is 2. The summed E-state index contributed by atoms with van der Waals surface area (Å²) in [6, 6.07) is 19.3. The lowest BCUT2D eigenvalue weighted by Gasteiger charge is -2.15. The zero-order chi connectivity index (χ0) is 21.4. The molecule has 0 saturated carbocycles. The third-order valence-electron chi connectivity index (χ3n) is 6.04. The van der Waals surface area contributed by atoms with Crippen LogP contribution >= 0.6 is 0 Å². The maximum absolute atomic E-state index is 4.75. The molecule has 0 bridgehead atoms. The van der Waals surface area contributed by atoms with E-state index in [0.717, 1.165) is 53.0 Å². The second-order valence-corrected chi connectivity index (χ2v) is 8.00. The molecule has 2 aromatic heterocycles. The Kier molecular flexibility index (Phi) is 5.04. The Hall–Kier alpha value is -3.44. The van der Waals surface area contributed by atoms with E-state index in [2.05, 4.69) is 71.6 Å². The minimum absolute atomic E-state index is 0.788. The highest BCUT2D eigenvalue weighted by Crippen LogP contribution is 2.33. The Morgan fingerprint density at radius 2 is 1.84 bits per heavy atom. The number of benzene rings is 3. The lowest BCUT2D eigenvalue weighted by molar-refractivity contribution is 0.723. The largest absolute Gasteiger partial charge is 0.337 e. The van der Waals surface area contributed by atoms with E-state index >= 15 is 0 Å². The highest BCUT2D eigenvalue weighted by atomic mass is 15.1. The van der Waals surface area contributed by atoms with Crippen LogP contribution in [-0.2, 0) is 13.0 Å². The molecule has 0 atom stereocenters. The van der Waals surface area contributed by atoms with Gasteiger partial charge < -0.3 is 10.3 Å². The number of imidazole rings is 1. The first-order valence-corrected chi connectivity index (χ1v) is 10.9. The van der Waals surface area contributed by atoms with Gasteiger partial charge in [-0.15, -0.1) is 0 Å². The van der Waals surface area contributed by atoms with Crippen LogP contribution in [0.25, 0.3) is 44.6 Å². The van der Waals surface area contributed by atoms with Gasteiger partial charge in [0, 0.05) is 11.9 Å². The molecule has 31 heavy (non-hydrogen) atoms. The number of aromatic nitrogens is 4. The molecule has 156 valence electrons. The molecule has 3 aromatic carbocycles. The Morgan fingerprint density at radius 3 is 2.65 bits per heavy atom. The number of nitrogens with one attached hydrogen (secondary N) is 3. The van der Waals surface area contributed by atoms with Gasteiger partial charge in [0.05, 0.1) is 16.6 Å². The number of nitrogens with zero attached hydrogens (tertiary/aromatic N) is 2. The normalized spacial score (nSPS) is 11.6. The van der Waals surface area contributed by atoms with E-state index in [1.165, 1.54) is 27.8 Å². The van der Waals surface area contributed by atoms with Crippen molar-refractivity contribution in [2.75, 3.05) is 6.54 Å². The summed E-state index contributed by atoms with van der Waals surface area (Å²) in [5, 5.41) is 12.3.